The summed E-state index contributed by atoms with van der Waals surface area (Å²) in [5, 5.41) is 17.9. The maximum absolute atomic E-state index is 8.25. The van der Waals surface area contributed by atoms with E-state index >= 15 is 0 Å². The molecular formula is C5H7N5. The topological polar surface area (TPSA) is 91.4 Å². The summed E-state index contributed by atoms with van der Waals surface area (Å²) < 4.78 is 0. The van der Waals surface area contributed by atoms with Crippen LogP contribution in [0.2, 0.25) is 0 Å². The maximum Gasteiger partial charge on any atom is 0.100 e. The van der Waals surface area contributed by atoms with Gasteiger partial charge in [0.05, 0.1) is 18.5 Å². The van der Waals surface area contributed by atoms with Gasteiger partial charge in [-0.2, -0.15) is 5.26 Å². The third kappa shape index (κ3) is 1.30. The van der Waals surface area contributed by atoms with Gasteiger partial charge < -0.3 is 5.73 Å². The molecule has 10 heavy (non-hydrogen) atoms. The third-order valence-corrected chi connectivity index (χ3v) is 1.13. The number of H-pyrrole nitrogens is 1. The second-order valence-electron chi connectivity index (χ2n) is 1.87. The molecule has 0 amide bonds. The second kappa shape index (κ2) is 2.94. The van der Waals surface area contributed by atoms with E-state index in [1.807, 2.05) is 6.07 Å². The Morgan fingerprint density at radius 3 is 3.20 bits per heavy atom. The average molecular weight is 137 g/mol. The first-order chi connectivity index (χ1) is 4.84. The predicted octanol–water partition coefficient (Wildman–Crippen LogP) is -0.282. The normalized spacial score (nSPS) is 12.4. The molecule has 5 heteroatoms. The minimum Gasteiger partial charge on any atom is -0.322 e. The summed E-state index contributed by atoms with van der Waals surface area (Å²) in [4.78, 5) is 0. The third-order valence-electron chi connectivity index (χ3n) is 1.13. The van der Waals surface area contributed by atoms with Gasteiger partial charge in [0, 0.05) is 6.20 Å². The van der Waals surface area contributed by atoms with Gasteiger partial charge in [-0.3, -0.25) is 5.10 Å². The second-order valence-corrected chi connectivity index (χ2v) is 1.87. The highest BCUT2D eigenvalue weighted by Crippen LogP contribution is 2.06. The number of aromatic amines is 1. The number of nitrogens with one attached hydrogen (secondary N) is 1. The number of hydrogen-bond donors (Lipinski definition) is 2. The van der Waals surface area contributed by atoms with Crippen molar-refractivity contribution in [2.75, 3.05) is 0 Å². The maximum atomic E-state index is 8.25. The first-order valence-corrected chi connectivity index (χ1v) is 2.83. The highest BCUT2D eigenvalue weighted by atomic mass is 15.3. The standard InChI is InChI=1S/C5H7N5/c6-2-1-4(7)5-3-8-10-9-5/h3-4H,1,7H2,(H,8,9,10)/t4-/m1/s1. The van der Waals surface area contributed by atoms with Crippen LogP contribution < -0.4 is 5.73 Å². The van der Waals surface area contributed by atoms with Crippen molar-refractivity contribution in [1.29, 1.82) is 5.26 Å². The molecule has 0 aliphatic rings. The number of nitrogens with two attached hydrogens (primary N) is 1. The van der Waals surface area contributed by atoms with E-state index in [-0.39, 0.29) is 12.5 Å². The molecule has 0 aliphatic carbocycles. The van der Waals surface area contributed by atoms with Crippen LogP contribution in [0.5, 0.6) is 0 Å². The van der Waals surface area contributed by atoms with Crippen molar-refractivity contribution in [3.63, 3.8) is 0 Å². The zero-order valence-electron chi connectivity index (χ0n) is 5.28. The molecule has 1 aromatic rings. The van der Waals surface area contributed by atoms with E-state index in [1.54, 1.807) is 6.20 Å². The average Bonchev–Trinajstić information content (AvgIpc) is 2.38. The molecule has 0 saturated heterocycles. The minimum atomic E-state index is -0.316. The van der Waals surface area contributed by atoms with Crippen LogP contribution in [-0.2, 0) is 0 Å². The predicted molar refractivity (Wildman–Crippen MR) is 33.5 cm³/mol. The van der Waals surface area contributed by atoms with E-state index in [2.05, 4.69) is 15.4 Å². The van der Waals surface area contributed by atoms with Crippen molar-refractivity contribution >= 4 is 0 Å². The Hall–Kier alpha value is -1.41. The summed E-state index contributed by atoms with van der Waals surface area (Å²) in [5.74, 6) is 0. The lowest BCUT2D eigenvalue weighted by atomic mass is 10.2. The van der Waals surface area contributed by atoms with Crippen LogP contribution in [0.15, 0.2) is 6.20 Å². The summed E-state index contributed by atoms with van der Waals surface area (Å²) in [7, 11) is 0. The van der Waals surface area contributed by atoms with E-state index in [0.717, 1.165) is 0 Å². The molecule has 5 nitrogen and oxygen atoms in total. The molecule has 0 spiro atoms. The summed E-state index contributed by atoms with van der Waals surface area (Å²) >= 11 is 0. The van der Waals surface area contributed by atoms with Crippen LogP contribution in [0, 0.1) is 11.3 Å². The summed E-state index contributed by atoms with van der Waals surface area (Å²) in [5.41, 5.74) is 6.13. The molecule has 52 valence electrons. The highest BCUT2D eigenvalue weighted by molar-refractivity contribution is 5.00. The van der Waals surface area contributed by atoms with E-state index in [4.69, 9.17) is 11.0 Å². The molecule has 0 radical (unpaired) electrons. The minimum absolute atomic E-state index is 0.270. The summed E-state index contributed by atoms with van der Waals surface area (Å²) in [6.07, 6.45) is 1.86. The molecule has 0 saturated carbocycles. The van der Waals surface area contributed by atoms with Gasteiger partial charge in [-0.1, -0.05) is 5.21 Å². The van der Waals surface area contributed by atoms with Gasteiger partial charge in [-0.05, 0) is 0 Å². The van der Waals surface area contributed by atoms with Crippen LogP contribution in [-0.4, -0.2) is 15.4 Å². The van der Waals surface area contributed by atoms with E-state index in [0.29, 0.717) is 5.69 Å². The molecule has 0 unspecified atom stereocenters. The number of aromatic nitrogens is 3. The quantitative estimate of drug-likeness (QED) is 0.586. The molecule has 0 fully saturated rings. The Bertz CT molecular complexity index is 221. The lowest BCUT2D eigenvalue weighted by molar-refractivity contribution is 0.713. The van der Waals surface area contributed by atoms with Gasteiger partial charge >= 0.3 is 0 Å². The van der Waals surface area contributed by atoms with Crippen LogP contribution in [0.1, 0.15) is 18.2 Å². The van der Waals surface area contributed by atoms with Crippen molar-refractivity contribution in [2.45, 2.75) is 12.5 Å². The zero-order chi connectivity index (χ0) is 7.40. The van der Waals surface area contributed by atoms with Gasteiger partial charge in [-0.15, -0.1) is 5.10 Å². The van der Waals surface area contributed by atoms with Crippen molar-refractivity contribution < 1.29 is 0 Å². The van der Waals surface area contributed by atoms with Crippen LogP contribution >= 0.6 is 0 Å². The van der Waals surface area contributed by atoms with Crippen molar-refractivity contribution in [2.24, 2.45) is 5.73 Å². The first kappa shape index (κ1) is 6.71. The Balaban J connectivity index is 2.61. The fraction of sp³-hybridized carbons (Fsp3) is 0.400. The monoisotopic (exact) mass is 137 g/mol. The van der Waals surface area contributed by atoms with E-state index in [9.17, 15) is 0 Å². The fourth-order valence-electron chi connectivity index (χ4n) is 0.595. The molecule has 1 rings (SSSR count). The molecule has 1 aromatic heterocycles. The smallest absolute Gasteiger partial charge is 0.100 e. The van der Waals surface area contributed by atoms with Crippen molar-refractivity contribution in [1.82, 2.24) is 15.4 Å². The molecule has 0 aliphatic heterocycles. The number of nitrogens with zero attached hydrogens (tertiary/aromatic N) is 3. The molecule has 0 aromatic carbocycles. The number of hydrogen-bond acceptors (Lipinski definition) is 4. The first-order valence-electron chi connectivity index (χ1n) is 2.83. The fourth-order valence-corrected chi connectivity index (χ4v) is 0.595. The van der Waals surface area contributed by atoms with Crippen LogP contribution in [0.4, 0.5) is 0 Å². The largest absolute Gasteiger partial charge is 0.322 e. The number of rotatable bonds is 2. The summed E-state index contributed by atoms with van der Waals surface area (Å²) in [6.45, 7) is 0. The van der Waals surface area contributed by atoms with Crippen molar-refractivity contribution in [3.05, 3.63) is 11.9 Å². The SMILES string of the molecule is N#CC[C@@H](N)c1c[nH]nn1. The number of nitriles is 1. The van der Waals surface area contributed by atoms with E-state index in [1.165, 1.54) is 0 Å². The van der Waals surface area contributed by atoms with Gasteiger partial charge in [0.25, 0.3) is 0 Å². The van der Waals surface area contributed by atoms with Crippen molar-refractivity contribution in [3.8, 4) is 6.07 Å². The lowest BCUT2D eigenvalue weighted by Gasteiger charge is -1.98. The lowest BCUT2D eigenvalue weighted by Crippen LogP contribution is -2.09. The Morgan fingerprint density at radius 2 is 2.70 bits per heavy atom. The van der Waals surface area contributed by atoms with Gasteiger partial charge in [0.15, 0.2) is 0 Å². The van der Waals surface area contributed by atoms with E-state index < -0.39 is 0 Å². The van der Waals surface area contributed by atoms with Crippen LogP contribution in [0.25, 0.3) is 0 Å². The van der Waals surface area contributed by atoms with Gasteiger partial charge in [0.2, 0.25) is 0 Å². The van der Waals surface area contributed by atoms with Gasteiger partial charge in [0.1, 0.15) is 5.69 Å². The molecule has 1 atom stereocenters. The van der Waals surface area contributed by atoms with Crippen LogP contribution in [0.3, 0.4) is 0 Å². The molecule has 3 N–H and O–H groups in total. The summed E-state index contributed by atoms with van der Waals surface area (Å²) in [6, 6.07) is 1.63. The Labute approximate surface area is 57.8 Å². The molecule has 0 bridgehead atoms. The molecular weight excluding hydrogens is 130 g/mol. The Kier molecular flexibility index (Phi) is 1.97. The highest BCUT2D eigenvalue weighted by Gasteiger charge is 2.06. The van der Waals surface area contributed by atoms with Gasteiger partial charge in [-0.25, -0.2) is 0 Å². The molecule has 1 heterocycles. The zero-order valence-corrected chi connectivity index (χ0v) is 5.28. The Morgan fingerprint density at radius 1 is 1.90 bits per heavy atom.